The third-order valence-corrected chi connectivity index (χ3v) is 3.48. The Kier molecular flexibility index (Phi) is 3.97. The van der Waals surface area contributed by atoms with E-state index in [4.69, 9.17) is 11.6 Å². The summed E-state index contributed by atoms with van der Waals surface area (Å²) in [5, 5.41) is 8.26. The Balaban J connectivity index is 2.04. The summed E-state index contributed by atoms with van der Waals surface area (Å²) in [7, 11) is 0. The van der Waals surface area contributed by atoms with Crippen LogP contribution in [0.3, 0.4) is 0 Å². The molecule has 2 aromatic carbocycles. The second-order valence-corrected chi connectivity index (χ2v) is 4.87. The largest absolute Gasteiger partial charge is 0.282 e. The van der Waals surface area contributed by atoms with E-state index in [1.54, 1.807) is 12.1 Å². The second-order valence-electron chi connectivity index (χ2n) is 4.61. The van der Waals surface area contributed by atoms with Crippen molar-refractivity contribution in [3.8, 4) is 5.69 Å². The zero-order chi connectivity index (χ0) is 14.7. The Morgan fingerprint density at radius 1 is 0.905 bits per heavy atom. The van der Waals surface area contributed by atoms with E-state index in [9.17, 15) is 4.39 Å². The standard InChI is InChI=1S/C16H13ClFN3/c17-11-16-20-19-15(10-12-6-4-5-9-14(12)18)21(16)13-7-2-1-3-8-13/h1-9H,10-11H2. The highest BCUT2D eigenvalue weighted by Gasteiger charge is 2.14. The number of rotatable bonds is 4. The van der Waals surface area contributed by atoms with E-state index in [0.29, 0.717) is 23.6 Å². The van der Waals surface area contributed by atoms with Gasteiger partial charge in [-0.2, -0.15) is 0 Å². The summed E-state index contributed by atoms with van der Waals surface area (Å²) in [5.41, 5.74) is 1.51. The molecule has 0 saturated carbocycles. The molecule has 0 fully saturated rings. The first-order chi connectivity index (χ1) is 10.3. The van der Waals surface area contributed by atoms with Crippen LogP contribution < -0.4 is 0 Å². The molecule has 1 heterocycles. The minimum Gasteiger partial charge on any atom is -0.282 e. The number of aromatic nitrogens is 3. The van der Waals surface area contributed by atoms with Crippen LogP contribution in [0.1, 0.15) is 17.2 Å². The predicted octanol–water partition coefficient (Wildman–Crippen LogP) is 3.74. The van der Waals surface area contributed by atoms with Gasteiger partial charge in [-0.25, -0.2) is 4.39 Å². The molecule has 3 rings (SSSR count). The molecule has 3 aromatic rings. The fourth-order valence-corrected chi connectivity index (χ4v) is 2.41. The number of hydrogen-bond acceptors (Lipinski definition) is 2. The van der Waals surface area contributed by atoms with Gasteiger partial charge in [0.1, 0.15) is 11.6 Å². The lowest BCUT2D eigenvalue weighted by Gasteiger charge is -2.09. The Bertz CT molecular complexity index is 740. The van der Waals surface area contributed by atoms with Gasteiger partial charge in [0.15, 0.2) is 5.82 Å². The Hall–Kier alpha value is -2.20. The van der Waals surface area contributed by atoms with Crippen molar-refractivity contribution in [2.24, 2.45) is 0 Å². The summed E-state index contributed by atoms with van der Waals surface area (Å²) >= 11 is 5.93. The molecule has 21 heavy (non-hydrogen) atoms. The molecule has 5 heteroatoms. The van der Waals surface area contributed by atoms with Gasteiger partial charge >= 0.3 is 0 Å². The molecule has 0 bridgehead atoms. The molecule has 0 radical (unpaired) electrons. The second kappa shape index (κ2) is 6.06. The van der Waals surface area contributed by atoms with Crippen molar-refractivity contribution >= 4 is 11.6 Å². The van der Waals surface area contributed by atoms with Crippen LogP contribution in [-0.4, -0.2) is 14.8 Å². The fourth-order valence-electron chi connectivity index (χ4n) is 2.24. The van der Waals surface area contributed by atoms with Crippen molar-refractivity contribution in [1.29, 1.82) is 0 Å². The molecular weight excluding hydrogens is 289 g/mol. The van der Waals surface area contributed by atoms with Gasteiger partial charge in [0, 0.05) is 12.1 Å². The van der Waals surface area contributed by atoms with Crippen LogP contribution in [0.2, 0.25) is 0 Å². The smallest absolute Gasteiger partial charge is 0.152 e. The Labute approximate surface area is 127 Å². The van der Waals surface area contributed by atoms with Gasteiger partial charge in [0.2, 0.25) is 0 Å². The van der Waals surface area contributed by atoms with E-state index in [1.807, 2.05) is 41.0 Å². The number of halogens is 2. The summed E-state index contributed by atoms with van der Waals surface area (Å²) in [5.74, 6) is 1.32. The molecule has 106 valence electrons. The lowest BCUT2D eigenvalue weighted by atomic mass is 10.1. The maximum atomic E-state index is 13.8. The van der Waals surface area contributed by atoms with Gasteiger partial charge in [0.25, 0.3) is 0 Å². The minimum absolute atomic E-state index is 0.243. The molecule has 0 aliphatic rings. The van der Waals surface area contributed by atoms with Crippen molar-refractivity contribution in [1.82, 2.24) is 14.8 Å². The summed E-state index contributed by atoms with van der Waals surface area (Å²) in [6.45, 7) is 0. The number of nitrogens with zero attached hydrogens (tertiary/aromatic N) is 3. The van der Waals surface area contributed by atoms with Crippen molar-refractivity contribution in [2.45, 2.75) is 12.3 Å². The molecule has 1 aromatic heterocycles. The zero-order valence-electron chi connectivity index (χ0n) is 11.2. The van der Waals surface area contributed by atoms with E-state index in [-0.39, 0.29) is 11.7 Å². The molecule has 0 amide bonds. The van der Waals surface area contributed by atoms with E-state index in [2.05, 4.69) is 10.2 Å². The molecular formula is C16H13ClFN3. The van der Waals surface area contributed by atoms with Crippen molar-refractivity contribution in [2.75, 3.05) is 0 Å². The zero-order valence-corrected chi connectivity index (χ0v) is 12.0. The minimum atomic E-state index is -0.243. The van der Waals surface area contributed by atoms with Gasteiger partial charge in [-0.05, 0) is 23.8 Å². The van der Waals surface area contributed by atoms with Crippen LogP contribution in [0, 0.1) is 5.82 Å². The summed E-state index contributed by atoms with van der Waals surface area (Å²) in [4.78, 5) is 0. The highest BCUT2D eigenvalue weighted by atomic mass is 35.5. The number of para-hydroxylation sites is 1. The predicted molar refractivity (Wildman–Crippen MR) is 80.1 cm³/mol. The third kappa shape index (κ3) is 2.81. The van der Waals surface area contributed by atoms with Crippen molar-refractivity contribution in [3.63, 3.8) is 0 Å². The quantitative estimate of drug-likeness (QED) is 0.687. The lowest BCUT2D eigenvalue weighted by molar-refractivity contribution is 0.611. The van der Waals surface area contributed by atoms with Gasteiger partial charge in [-0.15, -0.1) is 21.8 Å². The summed E-state index contributed by atoms with van der Waals surface area (Å²) in [6.07, 6.45) is 0.367. The van der Waals surface area contributed by atoms with Crippen LogP contribution in [0.4, 0.5) is 4.39 Å². The Morgan fingerprint density at radius 2 is 1.57 bits per heavy atom. The van der Waals surface area contributed by atoms with Gasteiger partial charge in [-0.1, -0.05) is 36.4 Å². The molecule has 0 unspecified atom stereocenters. The molecule has 0 N–H and O–H groups in total. The highest BCUT2D eigenvalue weighted by molar-refractivity contribution is 6.16. The topological polar surface area (TPSA) is 30.7 Å². The first-order valence-electron chi connectivity index (χ1n) is 6.57. The molecule has 0 spiro atoms. The van der Waals surface area contributed by atoms with E-state index < -0.39 is 0 Å². The normalized spacial score (nSPS) is 10.8. The molecule has 0 aliphatic carbocycles. The average Bonchev–Trinajstić information content (AvgIpc) is 2.93. The van der Waals surface area contributed by atoms with Crippen LogP contribution in [-0.2, 0) is 12.3 Å². The number of hydrogen-bond donors (Lipinski definition) is 0. The molecule has 0 atom stereocenters. The SMILES string of the molecule is Fc1ccccc1Cc1nnc(CCl)n1-c1ccccc1. The van der Waals surface area contributed by atoms with Gasteiger partial charge < -0.3 is 0 Å². The van der Waals surface area contributed by atoms with Crippen LogP contribution in [0.5, 0.6) is 0 Å². The van der Waals surface area contributed by atoms with E-state index in [1.165, 1.54) is 6.07 Å². The number of benzene rings is 2. The first kappa shape index (κ1) is 13.8. The van der Waals surface area contributed by atoms with Crippen LogP contribution >= 0.6 is 11.6 Å². The van der Waals surface area contributed by atoms with Crippen LogP contribution in [0.15, 0.2) is 54.6 Å². The monoisotopic (exact) mass is 301 g/mol. The van der Waals surface area contributed by atoms with Gasteiger partial charge in [0.05, 0.1) is 5.88 Å². The number of alkyl halides is 1. The summed E-state index contributed by atoms with van der Waals surface area (Å²) in [6, 6.07) is 16.4. The molecule has 3 nitrogen and oxygen atoms in total. The summed E-state index contributed by atoms with van der Waals surface area (Å²) < 4.78 is 15.7. The van der Waals surface area contributed by atoms with Crippen molar-refractivity contribution < 1.29 is 4.39 Å². The first-order valence-corrected chi connectivity index (χ1v) is 7.11. The van der Waals surface area contributed by atoms with Crippen LogP contribution in [0.25, 0.3) is 5.69 Å². The molecule has 0 saturated heterocycles. The average molecular weight is 302 g/mol. The maximum absolute atomic E-state index is 13.8. The van der Waals surface area contributed by atoms with Crippen molar-refractivity contribution in [3.05, 3.63) is 77.6 Å². The molecule has 0 aliphatic heterocycles. The fraction of sp³-hybridized carbons (Fsp3) is 0.125. The lowest BCUT2D eigenvalue weighted by Crippen LogP contribution is -2.06. The van der Waals surface area contributed by atoms with E-state index >= 15 is 0 Å². The van der Waals surface area contributed by atoms with E-state index in [0.717, 1.165) is 5.69 Å². The third-order valence-electron chi connectivity index (χ3n) is 3.24. The maximum Gasteiger partial charge on any atom is 0.152 e. The Morgan fingerprint density at radius 3 is 2.29 bits per heavy atom. The highest BCUT2D eigenvalue weighted by Crippen LogP contribution is 2.18. The van der Waals surface area contributed by atoms with Gasteiger partial charge in [-0.3, -0.25) is 4.57 Å².